The molecule has 1 saturated carbocycles. The van der Waals surface area contributed by atoms with E-state index >= 15 is 4.39 Å². The summed E-state index contributed by atoms with van der Waals surface area (Å²) in [6.07, 6.45) is 3.01. The van der Waals surface area contributed by atoms with E-state index in [2.05, 4.69) is 5.32 Å². The van der Waals surface area contributed by atoms with E-state index < -0.39 is 40.4 Å². The number of carbonyl (C=O) groups is 3. The second-order valence-corrected chi connectivity index (χ2v) is 10.6. The van der Waals surface area contributed by atoms with Crippen molar-refractivity contribution in [1.82, 2.24) is 14.8 Å². The second kappa shape index (κ2) is 10.4. The number of aromatic nitrogens is 1. The Morgan fingerprint density at radius 2 is 1.74 bits per heavy atom. The zero-order valence-electron chi connectivity index (χ0n) is 22.6. The highest BCUT2D eigenvalue weighted by Gasteiger charge is 2.30. The summed E-state index contributed by atoms with van der Waals surface area (Å²) in [6, 6.07) is 10.0. The predicted molar refractivity (Wildman–Crippen MR) is 152 cm³/mol. The zero-order chi connectivity index (χ0) is 29.7. The Bertz CT molecular complexity index is 1890. The number of pyridine rings is 1. The highest BCUT2D eigenvalue weighted by Crippen LogP contribution is 2.38. The van der Waals surface area contributed by atoms with Gasteiger partial charge in [-0.15, -0.1) is 0 Å². The molecule has 1 saturated heterocycles. The summed E-state index contributed by atoms with van der Waals surface area (Å²) in [4.78, 5) is 65.9. The van der Waals surface area contributed by atoms with Gasteiger partial charge < -0.3 is 29.2 Å². The average Bonchev–Trinajstić information content (AvgIpc) is 3.82. The number of nitrogens with one attached hydrogen (secondary N) is 1. The van der Waals surface area contributed by atoms with Crippen molar-refractivity contribution in [3.05, 3.63) is 86.2 Å². The lowest BCUT2D eigenvalue weighted by atomic mass is 10.1. The third kappa shape index (κ3) is 4.89. The lowest BCUT2D eigenvalue weighted by Crippen LogP contribution is -2.54. The minimum Gasteiger partial charge on any atom is -0.477 e. The number of aromatic carboxylic acids is 1. The van der Waals surface area contributed by atoms with Crippen LogP contribution in [0.15, 0.2) is 62.7 Å². The molecule has 0 unspecified atom stereocenters. The first kappa shape index (κ1) is 27.2. The number of carbonyl (C=O) groups excluding carboxylic acids is 2. The Balaban J connectivity index is 1.16. The summed E-state index contributed by atoms with van der Waals surface area (Å²) in [7, 11) is 0. The highest BCUT2D eigenvalue weighted by molar-refractivity contribution is 5.99. The van der Waals surface area contributed by atoms with Crippen LogP contribution in [0.1, 0.15) is 46.5 Å². The standard InChI is InChI=1S/C30H27FN4O7/c1-16(32-27(37)20-12-17-4-2-3-5-25(17)42-30(20)41)28(38)34-10-8-33(9-11-34)24-14-23-19(13-22(24)31)26(36)21(29(39)40)15-35(23)18-6-7-18/h2-5,12-16,18H,6-11H2,1H3,(H,32,37)(H,39,40)/t16-/m0/s1. The number of rotatable bonds is 6. The number of carboxylic acid groups (broad SMARTS) is 1. The number of para-hydroxylation sites is 1. The molecule has 3 heterocycles. The number of fused-ring (bicyclic) bond motifs is 2. The topological polar surface area (TPSA) is 142 Å². The van der Waals surface area contributed by atoms with Gasteiger partial charge in [0.2, 0.25) is 11.3 Å². The Hall–Kier alpha value is -5.00. The summed E-state index contributed by atoms with van der Waals surface area (Å²) in [6.45, 7) is 2.62. The molecule has 2 aromatic carbocycles. The summed E-state index contributed by atoms with van der Waals surface area (Å²) >= 11 is 0. The molecule has 1 atom stereocenters. The second-order valence-electron chi connectivity index (χ2n) is 10.6. The molecule has 0 spiro atoms. The maximum atomic E-state index is 15.3. The molecule has 2 aliphatic rings. The SMILES string of the molecule is C[C@H](NC(=O)c1cc2ccccc2oc1=O)C(=O)N1CCN(c2cc3c(cc2F)c(=O)c(C(=O)O)cn3C2CC2)CC1. The van der Waals surface area contributed by atoms with Crippen molar-refractivity contribution in [2.75, 3.05) is 31.1 Å². The number of anilines is 1. The van der Waals surface area contributed by atoms with Gasteiger partial charge in [0.1, 0.15) is 28.6 Å². The minimum atomic E-state index is -1.35. The Labute approximate surface area is 237 Å². The number of amides is 2. The summed E-state index contributed by atoms with van der Waals surface area (Å²) in [5, 5.41) is 12.6. The molecule has 2 fully saturated rings. The first-order valence-electron chi connectivity index (χ1n) is 13.6. The van der Waals surface area contributed by atoms with E-state index in [0.29, 0.717) is 29.6 Å². The van der Waals surface area contributed by atoms with Gasteiger partial charge in [-0.1, -0.05) is 18.2 Å². The summed E-state index contributed by atoms with van der Waals surface area (Å²) in [5.41, 5.74) is -1.05. The maximum absolute atomic E-state index is 15.3. The van der Waals surface area contributed by atoms with Crippen LogP contribution in [0.4, 0.5) is 10.1 Å². The van der Waals surface area contributed by atoms with Gasteiger partial charge in [0.15, 0.2) is 0 Å². The monoisotopic (exact) mass is 574 g/mol. The number of piperazine rings is 1. The Morgan fingerprint density at radius 3 is 2.43 bits per heavy atom. The van der Waals surface area contributed by atoms with Gasteiger partial charge in [0.05, 0.1) is 11.2 Å². The number of hydrogen-bond acceptors (Lipinski definition) is 7. The smallest absolute Gasteiger partial charge is 0.349 e. The number of benzene rings is 2. The number of carboxylic acids is 1. The minimum absolute atomic E-state index is 0.0156. The van der Waals surface area contributed by atoms with Crippen LogP contribution in [0.3, 0.4) is 0 Å². The van der Waals surface area contributed by atoms with Crippen LogP contribution in [0.2, 0.25) is 0 Å². The van der Waals surface area contributed by atoms with Crippen LogP contribution in [0.5, 0.6) is 0 Å². The first-order valence-corrected chi connectivity index (χ1v) is 13.6. The van der Waals surface area contributed by atoms with Crippen LogP contribution in [0, 0.1) is 5.82 Å². The first-order chi connectivity index (χ1) is 20.1. The fourth-order valence-corrected chi connectivity index (χ4v) is 5.41. The van der Waals surface area contributed by atoms with Crippen molar-refractivity contribution < 1.29 is 28.3 Å². The molecule has 2 N–H and O–H groups in total. The van der Waals surface area contributed by atoms with Crippen molar-refractivity contribution in [3.63, 3.8) is 0 Å². The van der Waals surface area contributed by atoms with Gasteiger partial charge in [-0.25, -0.2) is 14.0 Å². The maximum Gasteiger partial charge on any atom is 0.349 e. The quantitative estimate of drug-likeness (QED) is 0.335. The molecule has 6 rings (SSSR count). The van der Waals surface area contributed by atoms with E-state index in [0.717, 1.165) is 18.9 Å². The molecule has 2 aromatic heterocycles. The Morgan fingerprint density at radius 1 is 1.02 bits per heavy atom. The number of halogens is 1. The van der Waals surface area contributed by atoms with E-state index in [1.54, 1.807) is 44.7 Å². The molecule has 12 heteroatoms. The van der Waals surface area contributed by atoms with Gasteiger partial charge >= 0.3 is 11.6 Å². The molecule has 42 heavy (non-hydrogen) atoms. The summed E-state index contributed by atoms with van der Waals surface area (Å²) < 4.78 is 22.2. The third-order valence-electron chi connectivity index (χ3n) is 7.81. The van der Waals surface area contributed by atoms with Crippen molar-refractivity contribution in [2.45, 2.75) is 31.8 Å². The molecule has 0 radical (unpaired) electrons. The van der Waals surface area contributed by atoms with E-state index in [1.165, 1.54) is 19.2 Å². The van der Waals surface area contributed by atoms with E-state index in [1.807, 2.05) is 0 Å². The lowest BCUT2D eigenvalue weighted by Gasteiger charge is -2.37. The van der Waals surface area contributed by atoms with Crippen LogP contribution >= 0.6 is 0 Å². The van der Waals surface area contributed by atoms with Crippen molar-refractivity contribution in [2.24, 2.45) is 0 Å². The summed E-state index contributed by atoms with van der Waals surface area (Å²) in [5.74, 6) is -3.08. The van der Waals surface area contributed by atoms with Crippen LogP contribution < -0.4 is 21.3 Å². The van der Waals surface area contributed by atoms with Gasteiger partial charge in [-0.05, 0) is 44.0 Å². The molecule has 2 amide bonds. The highest BCUT2D eigenvalue weighted by atomic mass is 19.1. The molecule has 1 aliphatic heterocycles. The van der Waals surface area contributed by atoms with Crippen molar-refractivity contribution in [3.8, 4) is 0 Å². The predicted octanol–water partition coefficient (Wildman–Crippen LogP) is 2.75. The molecular weight excluding hydrogens is 547 g/mol. The normalized spacial score (nSPS) is 16.0. The van der Waals surface area contributed by atoms with E-state index in [-0.39, 0.29) is 41.7 Å². The molecule has 216 valence electrons. The average molecular weight is 575 g/mol. The largest absolute Gasteiger partial charge is 0.477 e. The molecule has 0 bridgehead atoms. The van der Waals surface area contributed by atoms with Gasteiger partial charge in [-0.3, -0.25) is 14.4 Å². The van der Waals surface area contributed by atoms with Crippen molar-refractivity contribution >= 4 is 45.3 Å². The third-order valence-corrected chi connectivity index (χ3v) is 7.81. The fourth-order valence-electron chi connectivity index (χ4n) is 5.41. The van der Waals surface area contributed by atoms with Crippen LogP contribution in [0.25, 0.3) is 21.9 Å². The molecular formula is C30H27FN4O7. The van der Waals surface area contributed by atoms with Crippen molar-refractivity contribution in [1.29, 1.82) is 0 Å². The molecule has 1 aliphatic carbocycles. The van der Waals surface area contributed by atoms with Gasteiger partial charge in [0.25, 0.3) is 5.91 Å². The van der Waals surface area contributed by atoms with Crippen LogP contribution in [-0.4, -0.2) is 64.6 Å². The number of hydrogen-bond donors (Lipinski definition) is 2. The van der Waals surface area contributed by atoms with Gasteiger partial charge in [-0.2, -0.15) is 0 Å². The van der Waals surface area contributed by atoms with Gasteiger partial charge in [0, 0.05) is 49.2 Å². The zero-order valence-corrected chi connectivity index (χ0v) is 22.6. The molecule has 4 aromatic rings. The Kier molecular flexibility index (Phi) is 6.76. The molecule has 11 nitrogen and oxygen atoms in total. The van der Waals surface area contributed by atoms with E-state index in [9.17, 15) is 29.1 Å². The van der Waals surface area contributed by atoms with Crippen LogP contribution in [-0.2, 0) is 4.79 Å². The number of nitrogens with zero attached hydrogens (tertiary/aromatic N) is 3. The fraction of sp³-hybridized carbons (Fsp3) is 0.300. The lowest BCUT2D eigenvalue weighted by molar-refractivity contribution is -0.133. The van der Waals surface area contributed by atoms with E-state index in [4.69, 9.17) is 4.42 Å².